The van der Waals surface area contributed by atoms with Crippen molar-refractivity contribution in [3.05, 3.63) is 82.7 Å². The first-order valence-corrected chi connectivity index (χ1v) is 10.2. The molecule has 0 radical (unpaired) electrons. The fourth-order valence-corrected chi connectivity index (χ4v) is 3.81. The number of benzene rings is 2. The van der Waals surface area contributed by atoms with Crippen LogP contribution in [-0.4, -0.2) is 35.6 Å². The Morgan fingerprint density at radius 3 is 2.48 bits per heavy atom. The van der Waals surface area contributed by atoms with Crippen LogP contribution in [0.1, 0.15) is 37.7 Å². The lowest BCUT2D eigenvalue weighted by atomic mass is 10.1. The summed E-state index contributed by atoms with van der Waals surface area (Å²) in [4.78, 5) is 25.1. The molecule has 0 aliphatic carbocycles. The van der Waals surface area contributed by atoms with Crippen molar-refractivity contribution in [2.45, 2.75) is 33.4 Å². The van der Waals surface area contributed by atoms with Crippen LogP contribution in [0, 0.1) is 20.8 Å². The van der Waals surface area contributed by atoms with Gasteiger partial charge in [0.1, 0.15) is 6.61 Å². The normalized spacial score (nSPS) is 14.9. The summed E-state index contributed by atoms with van der Waals surface area (Å²) in [6.45, 7) is 6.37. The first-order valence-electron chi connectivity index (χ1n) is 10.2. The highest BCUT2D eigenvalue weighted by Crippen LogP contribution is 2.31. The summed E-state index contributed by atoms with van der Waals surface area (Å²) in [6, 6.07) is 16.6. The monoisotopic (exact) mass is 419 g/mol. The van der Waals surface area contributed by atoms with Crippen LogP contribution in [0.4, 0.5) is 0 Å². The maximum absolute atomic E-state index is 12.8. The minimum Gasteiger partial charge on any atom is -0.486 e. The van der Waals surface area contributed by atoms with Gasteiger partial charge in [0.05, 0.1) is 12.1 Å². The number of rotatable bonds is 6. The van der Waals surface area contributed by atoms with Crippen molar-refractivity contribution in [1.29, 1.82) is 0 Å². The van der Waals surface area contributed by atoms with Crippen molar-refractivity contribution < 1.29 is 23.8 Å². The lowest BCUT2D eigenvalue weighted by Gasteiger charge is -2.27. The van der Waals surface area contributed by atoms with Crippen LogP contribution in [-0.2, 0) is 11.3 Å². The van der Waals surface area contributed by atoms with E-state index in [-0.39, 0.29) is 18.5 Å². The molecule has 160 valence electrons. The van der Waals surface area contributed by atoms with Gasteiger partial charge in [-0.25, -0.2) is 4.79 Å². The number of aryl methyl sites for hydroxylation is 2. The number of hydrogen-bond donors (Lipinski definition) is 0. The van der Waals surface area contributed by atoms with Gasteiger partial charge in [-0.1, -0.05) is 30.3 Å². The molecule has 6 heteroatoms. The van der Waals surface area contributed by atoms with E-state index < -0.39 is 5.97 Å². The molecule has 0 fully saturated rings. The standard InChI is InChI=1S/C25H25NO5/c1-16-8-4-5-9-20(16)25(28)30-15-22(27)21-12-17(2)26(18(21)3)13-19-14-29-23-10-6-7-11-24(23)31-19/h4-12,19H,13-15H2,1-3H3. The summed E-state index contributed by atoms with van der Waals surface area (Å²) in [5, 5.41) is 0. The molecule has 1 aromatic heterocycles. The topological polar surface area (TPSA) is 66.8 Å². The second-order valence-electron chi connectivity index (χ2n) is 7.71. The SMILES string of the molecule is Cc1ccccc1C(=O)OCC(=O)c1cc(C)n(CC2COc3ccccc3O2)c1C. The highest BCUT2D eigenvalue weighted by Gasteiger charge is 2.24. The predicted molar refractivity (Wildman–Crippen MR) is 116 cm³/mol. The molecule has 2 aromatic carbocycles. The number of ether oxygens (including phenoxy) is 3. The third-order valence-electron chi connectivity index (χ3n) is 5.53. The Bertz CT molecular complexity index is 1130. The van der Waals surface area contributed by atoms with Crippen LogP contribution in [0.3, 0.4) is 0 Å². The molecule has 4 rings (SSSR count). The Balaban J connectivity index is 1.42. The molecule has 0 N–H and O–H groups in total. The Kier molecular flexibility index (Phi) is 5.80. The van der Waals surface area contributed by atoms with Gasteiger partial charge in [0, 0.05) is 17.0 Å². The van der Waals surface area contributed by atoms with Gasteiger partial charge in [-0.3, -0.25) is 4.79 Å². The van der Waals surface area contributed by atoms with Crippen LogP contribution in [0.5, 0.6) is 11.5 Å². The minimum absolute atomic E-state index is 0.165. The molecule has 31 heavy (non-hydrogen) atoms. The number of fused-ring (bicyclic) bond motifs is 1. The van der Waals surface area contributed by atoms with E-state index in [1.165, 1.54) is 0 Å². The van der Waals surface area contributed by atoms with E-state index in [1.54, 1.807) is 12.1 Å². The Morgan fingerprint density at radius 2 is 1.71 bits per heavy atom. The summed E-state index contributed by atoms with van der Waals surface area (Å²) in [5.74, 6) is 0.741. The summed E-state index contributed by atoms with van der Waals surface area (Å²) < 4.78 is 19.2. The highest BCUT2D eigenvalue weighted by molar-refractivity contribution is 6.00. The average Bonchev–Trinajstić information content (AvgIpc) is 3.06. The molecule has 0 spiro atoms. The average molecular weight is 419 g/mol. The summed E-state index contributed by atoms with van der Waals surface area (Å²) in [6.07, 6.45) is -0.165. The minimum atomic E-state index is -0.494. The molecule has 0 bridgehead atoms. The van der Waals surface area contributed by atoms with Gasteiger partial charge in [-0.15, -0.1) is 0 Å². The van der Waals surface area contributed by atoms with E-state index in [0.717, 1.165) is 28.5 Å². The second kappa shape index (κ2) is 8.68. The van der Waals surface area contributed by atoms with Crippen molar-refractivity contribution in [2.24, 2.45) is 0 Å². The van der Waals surface area contributed by atoms with Crippen molar-refractivity contribution in [1.82, 2.24) is 4.57 Å². The molecular weight excluding hydrogens is 394 g/mol. The zero-order chi connectivity index (χ0) is 22.0. The Morgan fingerprint density at radius 1 is 1.00 bits per heavy atom. The summed E-state index contributed by atoms with van der Waals surface area (Å²) >= 11 is 0. The van der Waals surface area contributed by atoms with Crippen molar-refractivity contribution >= 4 is 11.8 Å². The molecule has 1 aliphatic heterocycles. The number of Topliss-reactive ketones (excluding diaryl/α,β-unsaturated/α-hetero) is 1. The number of hydrogen-bond acceptors (Lipinski definition) is 5. The fourth-order valence-electron chi connectivity index (χ4n) is 3.81. The molecule has 3 aromatic rings. The van der Waals surface area contributed by atoms with E-state index in [4.69, 9.17) is 14.2 Å². The van der Waals surface area contributed by atoms with Crippen LogP contribution in [0.25, 0.3) is 0 Å². The zero-order valence-electron chi connectivity index (χ0n) is 17.9. The fraction of sp³-hybridized carbons (Fsp3) is 0.280. The van der Waals surface area contributed by atoms with Crippen molar-refractivity contribution in [2.75, 3.05) is 13.2 Å². The van der Waals surface area contributed by atoms with Crippen molar-refractivity contribution in [3.8, 4) is 11.5 Å². The number of nitrogens with zero attached hydrogens (tertiary/aromatic N) is 1. The van der Waals surface area contributed by atoms with Gasteiger partial charge in [-0.2, -0.15) is 0 Å². The highest BCUT2D eigenvalue weighted by atomic mass is 16.6. The van der Waals surface area contributed by atoms with Crippen LogP contribution < -0.4 is 9.47 Å². The molecule has 0 saturated heterocycles. The predicted octanol–water partition coefficient (Wildman–Crippen LogP) is 4.29. The number of aromatic nitrogens is 1. The maximum Gasteiger partial charge on any atom is 0.338 e. The van der Waals surface area contributed by atoms with Gasteiger partial charge in [-0.05, 0) is 50.6 Å². The van der Waals surface area contributed by atoms with E-state index in [9.17, 15) is 9.59 Å². The lowest BCUT2D eigenvalue weighted by Crippen LogP contribution is -2.33. The number of ketones is 1. The van der Waals surface area contributed by atoms with Crippen molar-refractivity contribution in [3.63, 3.8) is 0 Å². The molecule has 0 saturated carbocycles. The van der Waals surface area contributed by atoms with Crippen LogP contribution >= 0.6 is 0 Å². The molecular formula is C25H25NO5. The number of carbonyl (C=O) groups excluding carboxylic acids is 2. The van der Waals surface area contributed by atoms with E-state index in [2.05, 4.69) is 0 Å². The summed E-state index contributed by atoms with van der Waals surface area (Å²) in [7, 11) is 0. The van der Waals surface area contributed by atoms with E-state index in [0.29, 0.717) is 24.3 Å². The van der Waals surface area contributed by atoms with Crippen LogP contribution in [0.2, 0.25) is 0 Å². The number of carbonyl (C=O) groups is 2. The molecule has 1 atom stereocenters. The van der Waals surface area contributed by atoms with Gasteiger partial charge in [0.25, 0.3) is 0 Å². The zero-order valence-corrected chi connectivity index (χ0v) is 17.9. The van der Waals surface area contributed by atoms with Gasteiger partial charge in [0.15, 0.2) is 24.2 Å². The van der Waals surface area contributed by atoms with Gasteiger partial charge >= 0.3 is 5.97 Å². The Labute approximate surface area is 181 Å². The largest absolute Gasteiger partial charge is 0.486 e. The van der Waals surface area contributed by atoms with Crippen LogP contribution in [0.15, 0.2) is 54.6 Å². The molecule has 0 amide bonds. The molecule has 1 aliphatic rings. The number of para-hydroxylation sites is 2. The first-order chi connectivity index (χ1) is 14.9. The lowest BCUT2D eigenvalue weighted by molar-refractivity contribution is 0.0473. The maximum atomic E-state index is 12.8. The molecule has 6 nitrogen and oxygen atoms in total. The third-order valence-corrected chi connectivity index (χ3v) is 5.53. The van der Waals surface area contributed by atoms with E-state index in [1.807, 2.05) is 67.8 Å². The van der Waals surface area contributed by atoms with Gasteiger partial charge in [0.2, 0.25) is 5.78 Å². The van der Waals surface area contributed by atoms with Gasteiger partial charge < -0.3 is 18.8 Å². The third kappa shape index (κ3) is 4.33. The molecule has 1 unspecified atom stereocenters. The molecule has 2 heterocycles. The summed E-state index contributed by atoms with van der Waals surface area (Å²) in [5.41, 5.74) is 3.59. The number of esters is 1. The smallest absolute Gasteiger partial charge is 0.338 e. The van der Waals surface area contributed by atoms with E-state index >= 15 is 0 Å². The second-order valence-corrected chi connectivity index (χ2v) is 7.71. The Hall–Kier alpha value is -3.54. The first kappa shape index (κ1) is 20.7. The quantitative estimate of drug-likeness (QED) is 0.440.